The summed E-state index contributed by atoms with van der Waals surface area (Å²) in [5.74, 6) is -0.822. The summed E-state index contributed by atoms with van der Waals surface area (Å²) >= 11 is 0. The average Bonchev–Trinajstić information content (AvgIpc) is 3.29. The van der Waals surface area contributed by atoms with Gasteiger partial charge in [0.15, 0.2) is 0 Å². The number of hydrogen-bond donors (Lipinski definition) is 2. The molecule has 0 saturated carbocycles. The number of aromatic amines is 1. The van der Waals surface area contributed by atoms with Crippen molar-refractivity contribution in [2.75, 3.05) is 26.9 Å². The zero-order chi connectivity index (χ0) is 26.2. The van der Waals surface area contributed by atoms with E-state index >= 15 is 0 Å². The largest absolute Gasteiger partial charge is 0.507 e. The number of likely N-dealkylation sites (tertiary alicyclic amines) is 1. The summed E-state index contributed by atoms with van der Waals surface area (Å²) in [5.41, 5.74) is 3.71. The SMILES string of the molecule is CCOc1ccc(/C(O)=C2\C(=O)C(=O)N(CCOC)C2c2c(C)[nH]c3ccccc23)cc1C(C)(C)C. The minimum absolute atomic E-state index is 0.0768. The third-order valence-corrected chi connectivity index (χ3v) is 6.65. The molecular formula is C29H34N2O5. The molecule has 1 atom stereocenters. The van der Waals surface area contributed by atoms with Crippen molar-refractivity contribution in [1.29, 1.82) is 0 Å². The number of ether oxygens (including phenoxy) is 2. The number of hydrogen-bond acceptors (Lipinski definition) is 5. The summed E-state index contributed by atoms with van der Waals surface area (Å²) in [5, 5.41) is 12.5. The van der Waals surface area contributed by atoms with Gasteiger partial charge in [0.2, 0.25) is 0 Å². The van der Waals surface area contributed by atoms with Crippen LogP contribution in [0.4, 0.5) is 0 Å². The summed E-state index contributed by atoms with van der Waals surface area (Å²) in [6, 6.07) is 12.4. The molecule has 0 bridgehead atoms. The number of aryl methyl sites for hydroxylation is 1. The second kappa shape index (κ2) is 9.82. The quantitative estimate of drug-likeness (QED) is 0.268. The molecule has 1 aromatic heterocycles. The Hall–Kier alpha value is -3.58. The van der Waals surface area contributed by atoms with Gasteiger partial charge in [-0.3, -0.25) is 9.59 Å². The lowest BCUT2D eigenvalue weighted by atomic mass is 9.84. The summed E-state index contributed by atoms with van der Waals surface area (Å²) in [7, 11) is 1.55. The summed E-state index contributed by atoms with van der Waals surface area (Å²) in [4.78, 5) is 31.5. The number of ketones is 1. The highest BCUT2D eigenvalue weighted by Crippen LogP contribution is 2.44. The number of H-pyrrole nitrogens is 1. The fraction of sp³-hybridized carbons (Fsp3) is 0.379. The number of fused-ring (bicyclic) bond motifs is 1. The maximum atomic E-state index is 13.4. The molecule has 2 N–H and O–H groups in total. The van der Waals surface area contributed by atoms with Gasteiger partial charge in [-0.25, -0.2) is 0 Å². The number of carbonyl (C=O) groups is 2. The number of carbonyl (C=O) groups excluding carboxylic acids is 2. The molecule has 2 heterocycles. The lowest BCUT2D eigenvalue weighted by molar-refractivity contribution is -0.140. The van der Waals surface area contributed by atoms with Crippen LogP contribution in [0.1, 0.15) is 56.1 Å². The van der Waals surface area contributed by atoms with Gasteiger partial charge >= 0.3 is 0 Å². The van der Waals surface area contributed by atoms with Crippen molar-refractivity contribution in [3.8, 4) is 5.75 Å². The molecule has 36 heavy (non-hydrogen) atoms. The molecule has 190 valence electrons. The van der Waals surface area contributed by atoms with Crippen LogP contribution in [0.25, 0.3) is 16.7 Å². The van der Waals surface area contributed by atoms with Crippen LogP contribution in [0.15, 0.2) is 48.0 Å². The van der Waals surface area contributed by atoms with Crippen LogP contribution >= 0.6 is 0 Å². The molecule has 0 aliphatic carbocycles. The number of amides is 1. The fourth-order valence-electron chi connectivity index (χ4n) is 4.95. The summed E-state index contributed by atoms with van der Waals surface area (Å²) in [6.07, 6.45) is 0. The minimum Gasteiger partial charge on any atom is -0.507 e. The maximum Gasteiger partial charge on any atom is 0.295 e. The van der Waals surface area contributed by atoms with Crippen molar-refractivity contribution in [3.63, 3.8) is 0 Å². The first-order valence-corrected chi connectivity index (χ1v) is 12.2. The van der Waals surface area contributed by atoms with E-state index < -0.39 is 17.7 Å². The number of benzene rings is 2. The number of para-hydroxylation sites is 1. The van der Waals surface area contributed by atoms with Crippen molar-refractivity contribution in [2.24, 2.45) is 0 Å². The lowest BCUT2D eigenvalue weighted by Gasteiger charge is -2.26. The van der Waals surface area contributed by atoms with Crippen molar-refractivity contribution in [2.45, 2.75) is 46.1 Å². The number of Topliss-reactive ketones (excluding diaryl/α,β-unsaturated/α-hetero) is 1. The molecule has 7 heteroatoms. The number of rotatable bonds is 7. The van der Waals surface area contributed by atoms with Gasteiger partial charge in [-0.15, -0.1) is 0 Å². The van der Waals surface area contributed by atoms with E-state index in [1.165, 1.54) is 4.90 Å². The van der Waals surface area contributed by atoms with Crippen LogP contribution in [-0.4, -0.2) is 53.5 Å². The molecule has 7 nitrogen and oxygen atoms in total. The molecule has 0 radical (unpaired) electrons. The Kier molecular flexibility index (Phi) is 6.96. The first kappa shape index (κ1) is 25.5. The van der Waals surface area contributed by atoms with Gasteiger partial charge in [0, 0.05) is 46.9 Å². The Morgan fingerprint density at radius 1 is 1.14 bits per heavy atom. The Morgan fingerprint density at radius 3 is 2.53 bits per heavy atom. The van der Waals surface area contributed by atoms with Crippen LogP contribution in [0, 0.1) is 6.92 Å². The number of aromatic nitrogens is 1. The standard InChI is InChI=1S/C29H34N2O5/c1-7-36-22-13-12-18(16-20(22)29(3,4)5)26(32)24-25(31(14-15-35-6)28(34)27(24)33)23-17(2)30-21-11-9-8-10-19(21)23/h8-13,16,25,30,32H,7,14-15H2,1-6H3/b26-24+. The van der Waals surface area contributed by atoms with E-state index in [0.717, 1.165) is 33.5 Å². The van der Waals surface area contributed by atoms with Gasteiger partial charge < -0.3 is 24.5 Å². The zero-order valence-electron chi connectivity index (χ0n) is 21.8. The van der Waals surface area contributed by atoms with Gasteiger partial charge in [-0.05, 0) is 43.5 Å². The highest BCUT2D eigenvalue weighted by Gasteiger charge is 2.47. The Balaban J connectivity index is 1.96. The third kappa shape index (κ3) is 4.39. The van der Waals surface area contributed by atoms with E-state index in [0.29, 0.717) is 12.2 Å². The predicted octanol–water partition coefficient (Wildman–Crippen LogP) is 5.24. The van der Waals surface area contributed by atoms with Gasteiger partial charge in [0.25, 0.3) is 11.7 Å². The van der Waals surface area contributed by atoms with Gasteiger partial charge in [0.1, 0.15) is 11.5 Å². The van der Waals surface area contributed by atoms with Crippen LogP contribution in [0.5, 0.6) is 5.75 Å². The third-order valence-electron chi connectivity index (χ3n) is 6.65. The number of aliphatic hydroxyl groups excluding tert-OH is 1. The fourth-order valence-corrected chi connectivity index (χ4v) is 4.95. The highest BCUT2D eigenvalue weighted by molar-refractivity contribution is 6.46. The van der Waals surface area contributed by atoms with Crippen molar-refractivity contribution < 1.29 is 24.2 Å². The van der Waals surface area contributed by atoms with Crippen LogP contribution < -0.4 is 4.74 Å². The molecule has 2 aromatic carbocycles. The van der Waals surface area contributed by atoms with E-state index in [-0.39, 0.29) is 29.9 Å². The van der Waals surface area contributed by atoms with Gasteiger partial charge in [0.05, 0.1) is 24.8 Å². The van der Waals surface area contributed by atoms with Gasteiger partial charge in [-0.1, -0.05) is 39.0 Å². The molecule has 1 unspecified atom stereocenters. The monoisotopic (exact) mass is 490 g/mol. The molecule has 1 amide bonds. The van der Waals surface area contributed by atoms with Crippen molar-refractivity contribution in [3.05, 3.63) is 70.4 Å². The lowest BCUT2D eigenvalue weighted by Crippen LogP contribution is -2.32. The second-order valence-corrected chi connectivity index (χ2v) is 10.1. The molecule has 1 aliphatic heterocycles. The number of nitrogens with one attached hydrogen (secondary N) is 1. The topological polar surface area (TPSA) is 91.9 Å². The molecule has 3 aromatic rings. The maximum absolute atomic E-state index is 13.4. The van der Waals surface area contributed by atoms with Crippen molar-refractivity contribution in [1.82, 2.24) is 9.88 Å². The van der Waals surface area contributed by atoms with Crippen molar-refractivity contribution >= 4 is 28.4 Å². The average molecular weight is 491 g/mol. The first-order valence-electron chi connectivity index (χ1n) is 12.2. The second-order valence-electron chi connectivity index (χ2n) is 10.1. The van der Waals surface area contributed by atoms with E-state index in [1.54, 1.807) is 13.2 Å². The summed E-state index contributed by atoms with van der Waals surface area (Å²) in [6.45, 7) is 11.0. The normalized spacial score (nSPS) is 17.8. The van der Waals surface area contributed by atoms with Gasteiger partial charge in [-0.2, -0.15) is 0 Å². The Morgan fingerprint density at radius 2 is 1.86 bits per heavy atom. The Bertz CT molecular complexity index is 1350. The zero-order valence-corrected chi connectivity index (χ0v) is 21.8. The van der Waals surface area contributed by atoms with Crippen LogP contribution in [0.2, 0.25) is 0 Å². The highest BCUT2D eigenvalue weighted by atomic mass is 16.5. The minimum atomic E-state index is -0.749. The number of aliphatic hydroxyl groups is 1. The number of methoxy groups -OCH3 is 1. The van der Waals surface area contributed by atoms with E-state index in [1.807, 2.05) is 50.2 Å². The van der Waals surface area contributed by atoms with Crippen LogP contribution in [-0.2, 0) is 19.7 Å². The summed E-state index contributed by atoms with van der Waals surface area (Å²) < 4.78 is 11.1. The van der Waals surface area contributed by atoms with E-state index in [9.17, 15) is 14.7 Å². The van der Waals surface area contributed by atoms with E-state index in [2.05, 4.69) is 25.8 Å². The molecule has 1 saturated heterocycles. The molecular weight excluding hydrogens is 456 g/mol. The van der Waals surface area contributed by atoms with E-state index in [4.69, 9.17) is 9.47 Å². The Labute approximate surface area is 211 Å². The molecule has 0 spiro atoms. The first-order chi connectivity index (χ1) is 17.1. The molecule has 1 aliphatic rings. The smallest absolute Gasteiger partial charge is 0.295 e. The predicted molar refractivity (Wildman–Crippen MR) is 140 cm³/mol. The molecule has 1 fully saturated rings. The number of nitrogens with zero attached hydrogens (tertiary/aromatic N) is 1. The van der Waals surface area contributed by atoms with Crippen LogP contribution in [0.3, 0.4) is 0 Å². The molecule has 4 rings (SSSR count).